The van der Waals surface area contributed by atoms with Gasteiger partial charge in [0.1, 0.15) is 5.01 Å². The highest BCUT2D eigenvalue weighted by Crippen LogP contribution is 2.33. The summed E-state index contributed by atoms with van der Waals surface area (Å²) in [5.41, 5.74) is 1.98. The third-order valence-electron chi connectivity index (χ3n) is 4.76. The minimum Gasteiger partial charge on any atom is -0.336 e. The van der Waals surface area contributed by atoms with Crippen LogP contribution in [0.4, 0.5) is 0 Å². The van der Waals surface area contributed by atoms with Gasteiger partial charge in [-0.05, 0) is 42.7 Å². The number of likely N-dealkylation sites (N-methyl/N-ethyl adjacent to an activating group) is 1. The molecule has 1 amide bonds. The monoisotopic (exact) mass is 386 g/mol. The van der Waals surface area contributed by atoms with E-state index in [1.54, 1.807) is 11.3 Å². The second-order valence-corrected chi connectivity index (χ2v) is 8.42. The normalized spacial score (nSPS) is 13.8. The summed E-state index contributed by atoms with van der Waals surface area (Å²) < 4.78 is 1.15. The zero-order valence-electron chi connectivity index (χ0n) is 15.4. The number of carbonyl (C=O) groups is 1. The van der Waals surface area contributed by atoms with Crippen molar-refractivity contribution >= 4 is 39.1 Å². The van der Waals surface area contributed by atoms with Gasteiger partial charge in [-0.3, -0.25) is 4.79 Å². The first kappa shape index (κ1) is 18.9. The van der Waals surface area contributed by atoms with Crippen LogP contribution in [0.5, 0.6) is 0 Å². The van der Waals surface area contributed by atoms with E-state index in [0.717, 1.165) is 20.8 Å². The molecule has 2 aromatic carbocycles. The molecule has 0 bridgehead atoms. The number of rotatable bonds is 5. The van der Waals surface area contributed by atoms with E-state index in [-0.39, 0.29) is 23.8 Å². The highest BCUT2D eigenvalue weighted by atomic mass is 35.5. The van der Waals surface area contributed by atoms with Crippen LogP contribution >= 0.6 is 22.9 Å². The molecule has 0 aliphatic carbocycles. The minimum absolute atomic E-state index is 0.0755. The SMILES string of the molecule is CC(C)[C@H](C(=O)N(C)[C@H](C)c1nc2ccccc2s1)c1ccc(Cl)cc1. The van der Waals surface area contributed by atoms with E-state index in [9.17, 15) is 4.79 Å². The first-order chi connectivity index (χ1) is 12.4. The van der Waals surface area contributed by atoms with E-state index in [1.165, 1.54) is 0 Å². The number of nitrogens with zero attached hydrogens (tertiary/aromatic N) is 2. The number of halogens is 1. The van der Waals surface area contributed by atoms with Crippen LogP contribution in [0.2, 0.25) is 5.02 Å². The Kier molecular flexibility index (Phi) is 5.64. The molecule has 0 aliphatic heterocycles. The number of hydrogen-bond donors (Lipinski definition) is 0. The van der Waals surface area contributed by atoms with Gasteiger partial charge in [0.15, 0.2) is 0 Å². The molecule has 0 spiro atoms. The summed E-state index contributed by atoms with van der Waals surface area (Å²) in [4.78, 5) is 19.8. The van der Waals surface area contributed by atoms with Gasteiger partial charge in [0, 0.05) is 12.1 Å². The molecule has 0 aliphatic rings. The van der Waals surface area contributed by atoms with Gasteiger partial charge in [0.2, 0.25) is 5.91 Å². The minimum atomic E-state index is -0.200. The summed E-state index contributed by atoms with van der Waals surface area (Å²) in [6.45, 7) is 6.19. The molecule has 3 nitrogen and oxygen atoms in total. The third kappa shape index (κ3) is 3.76. The lowest BCUT2D eigenvalue weighted by molar-refractivity contribution is -0.134. The molecule has 3 rings (SSSR count). The van der Waals surface area contributed by atoms with Crippen LogP contribution in [0.15, 0.2) is 48.5 Å². The molecule has 1 aromatic heterocycles. The topological polar surface area (TPSA) is 33.2 Å². The van der Waals surface area contributed by atoms with Gasteiger partial charge in [0.25, 0.3) is 0 Å². The van der Waals surface area contributed by atoms with Crippen molar-refractivity contribution in [3.8, 4) is 0 Å². The number of fused-ring (bicyclic) bond motifs is 1. The van der Waals surface area contributed by atoms with Crippen molar-refractivity contribution in [3.05, 3.63) is 64.1 Å². The molecule has 0 saturated carbocycles. The van der Waals surface area contributed by atoms with Crippen LogP contribution in [0, 0.1) is 5.92 Å². The number of thiazole rings is 1. The maximum atomic E-state index is 13.3. The van der Waals surface area contributed by atoms with Gasteiger partial charge in [0.05, 0.1) is 22.2 Å². The van der Waals surface area contributed by atoms with Crippen molar-refractivity contribution in [2.24, 2.45) is 5.92 Å². The van der Waals surface area contributed by atoms with Crippen LogP contribution in [0.1, 0.15) is 43.3 Å². The summed E-state index contributed by atoms with van der Waals surface area (Å²) in [7, 11) is 1.87. The number of benzene rings is 2. The highest BCUT2D eigenvalue weighted by molar-refractivity contribution is 7.18. The average molecular weight is 387 g/mol. The van der Waals surface area contributed by atoms with Crippen LogP contribution < -0.4 is 0 Å². The summed E-state index contributed by atoms with van der Waals surface area (Å²) in [6, 6.07) is 15.6. The van der Waals surface area contributed by atoms with Crippen molar-refractivity contribution in [1.29, 1.82) is 0 Å². The number of hydrogen-bond acceptors (Lipinski definition) is 3. The van der Waals surface area contributed by atoms with Gasteiger partial charge in [-0.25, -0.2) is 4.98 Å². The van der Waals surface area contributed by atoms with Crippen LogP contribution in [0.25, 0.3) is 10.2 Å². The molecule has 0 fully saturated rings. The lowest BCUT2D eigenvalue weighted by atomic mass is 9.87. The molecule has 0 radical (unpaired) electrons. The van der Waals surface area contributed by atoms with Crippen LogP contribution in [-0.2, 0) is 4.79 Å². The molecular formula is C21H23ClN2OS. The Bertz CT molecular complexity index is 871. The summed E-state index contributed by atoms with van der Waals surface area (Å²) >= 11 is 7.65. The molecule has 0 saturated heterocycles. The Labute approximate surface area is 163 Å². The summed E-state index contributed by atoms with van der Waals surface area (Å²) in [6.07, 6.45) is 0. The van der Waals surface area contributed by atoms with Gasteiger partial charge in [-0.2, -0.15) is 0 Å². The summed E-state index contributed by atoms with van der Waals surface area (Å²) in [5, 5.41) is 1.64. The Balaban J connectivity index is 1.87. The molecular weight excluding hydrogens is 364 g/mol. The van der Waals surface area contributed by atoms with E-state index < -0.39 is 0 Å². The lowest BCUT2D eigenvalue weighted by Crippen LogP contribution is -2.35. The number of aromatic nitrogens is 1. The van der Waals surface area contributed by atoms with E-state index in [0.29, 0.717) is 5.02 Å². The van der Waals surface area contributed by atoms with Gasteiger partial charge in [-0.15, -0.1) is 11.3 Å². The van der Waals surface area contributed by atoms with E-state index in [2.05, 4.69) is 19.9 Å². The first-order valence-electron chi connectivity index (χ1n) is 8.76. The van der Waals surface area contributed by atoms with Crippen LogP contribution in [0.3, 0.4) is 0 Å². The Morgan fingerprint density at radius 3 is 2.35 bits per heavy atom. The molecule has 26 heavy (non-hydrogen) atoms. The Morgan fingerprint density at radius 2 is 1.73 bits per heavy atom. The molecule has 136 valence electrons. The molecule has 0 N–H and O–H groups in total. The second-order valence-electron chi connectivity index (χ2n) is 6.92. The number of amides is 1. The van der Waals surface area contributed by atoms with Crippen molar-refractivity contribution in [3.63, 3.8) is 0 Å². The van der Waals surface area contributed by atoms with Gasteiger partial charge in [-0.1, -0.05) is 49.7 Å². The zero-order valence-corrected chi connectivity index (χ0v) is 17.0. The molecule has 2 atom stereocenters. The van der Waals surface area contributed by atoms with Gasteiger partial charge < -0.3 is 4.90 Å². The number of carbonyl (C=O) groups excluding carboxylic acids is 1. The van der Waals surface area contributed by atoms with E-state index in [4.69, 9.17) is 16.6 Å². The average Bonchev–Trinajstić information content (AvgIpc) is 3.06. The largest absolute Gasteiger partial charge is 0.336 e. The molecule has 0 unspecified atom stereocenters. The smallest absolute Gasteiger partial charge is 0.230 e. The van der Waals surface area contributed by atoms with Gasteiger partial charge >= 0.3 is 0 Å². The Hall–Kier alpha value is -1.91. The maximum Gasteiger partial charge on any atom is 0.230 e. The van der Waals surface area contributed by atoms with E-state index >= 15 is 0 Å². The maximum absolute atomic E-state index is 13.3. The first-order valence-corrected chi connectivity index (χ1v) is 9.95. The Morgan fingerprint density at radius 1 is 1.08 bits per heavy atom. The molecule has 5 heteroatoms. The second kappa shape index (κ2) is 7.77. The van der Waals surface area contributed by atoms with Crippen molar-refractivity contribution < 1.29 is 4.79 Å². The standard InChI is InChI=1S/C21H23ClN2OS/c1-13(2)19(15-9-11-16(22)12-10-15)21(25)24(4)14(3)20-23-17-7-5-6-8-18(17)26-20/h5-14,19H,1-4H3/t14-,19+/m1/s1. The molecule has 1 heterocycles. The predicted octanol–water partition coefficient (Wildman–Crippen LogP) is 5.91. The quantitative estimate of drug-likeness (QED) is 0.546. The summed E-state index contributed by atoms with van der Waals surface area (Å²) in [5.74, 6) is 0.0943. The zero-order chi connectivity index (χ0) is 18.8. The fourth-order valence-corrected chi connectivity index (χ4v) is 4.32. The number of para-hydroxylation sites is 1. The van der Waals surface area contributed by atoms with E-state index in [1.807, 2.05) is 61.3 Å². The van der Waals surface area contributed by atoms with Crippen molar-refractivity contribution in [2.45, 2.75) is 32.7 Å². The fraction of sp³-hybridized carbons (Fsp3) is 0.333. The lowest BCUT2D eigenvalue weighted by Gasteiger charge is -2.30. The predicted molar refractivity (Wildman–Crippen MR) is 110 cm³/mol. The highest BCUT2D eigenvalue weighted by Gasteiger charge is 2.30. The van der Waals surface area contributed by atoms with Crippen LogP contribution in [-0.4, -0.2) is 22.8 Å². The third-order valence-corrected chi connectivity index (χ3v) is 6.22. The fourth-order valence-electron chi connectivity index (χ4n) is 3.13. The molecule has 3 aromatic rings. The van der Waals surface area contributed by atoms with Crippen molar-refractivity contribution in [2.75, 3.05) is 7.05 Å². The van der Waals surface area contributed by atoms with Crippen molar-refractivity contribution in [1.82, 2.24) is 9.88 Å².